The molecule has 230 valence electrons. The van der Waals surface area contributed by atoms with Gasteiger partial charge in [-0.2, -0.15) is 18.2 Å². The van der Waals surface area contributed by atoms with E-state index in [1.165, 1.54) is 0 Å². The average Bonchev–Trinajstić information content (AvgIpc) is 2.94. The molecule has 1 aromatic carbocycles. The van der Waals surface area contributed by atoms with Crippen LogP contribution in [0.3, 0.4) is 0 Å². The summed E-state index contributed by atoms with van der Waals surface area (Å²) in [6, 6.07) is 4.81. The summed E-state index contributed by atoms with van der Waals surface area (Å²) in [5.41, 5.74) is 0.432. The first-order valence-electron chi connectivity index (χ1n) is 14.4. The normalized spacial score (nSPS) is 21.7. The Balaban J connectivity index is 0.00000158. The van der Waals surface area contributed by atoms with Crippen molar-refractivity contribution in [1.82, 2.24) is 14.9 Å². The Morgan fingerprint density at radius 1 is 1.15 bits per heavy atom. The maximum Gasteiger partial charge on any atom is 0.421 e. The Kier molecular flexibility index (Phi) is 9.55. The maximum absolute atomic E-state index is 13.8. The number of piperidine rings is 2. The van der Waals surface area contributed by atoms with E-state index in [0.717, 1.165) is 38.5 Å². The van der Waals surface area contributed by atoms with Crippen LogP contribution in [0.15, 0.2) is 29.3 Å². The summed E-state index contributed by atoms with van der Waals surface area (Å²) in [6.45, 7) is 8.51. The number of ether oxygens (including phenoxy) is 1. The summed E-state index contributed by atoms with van der Waals surface area (Å²) in [7, 11) is 0.178. The van der Waals surface area contributed by atoms with Crippen molar-refractivity contribution in [3.05, 3.63) is 35.5 Å². The van der Waals surface area contributed by atoms with Crippen molar-refractivity contribution in [2.24, 2.45) is 5.41 Å². The summed E-state index contributed by atoms with van der Waals surface area (Å²) >= 11 is 0. The number of hydrogen-bond acceptors (Lipinski definition) is 8. The fraction of sp³-hybridized carbons (Fsp3) is 0.655. The minimum atomic E-state index is -4.60. The van der Waals surface area contributed by atoms with Gasteiger partial charge in [-0.05, 0) is 94.8 Å². The number of nitrogens with one attached hydrogen (secondary N) is 1. The molecule has 5 rings (SSSR count). The number of nitrogens with zero attached hydrogens (tertiary/aromatic N) is 4. The Labute approximate surface area is 243 Å². The van der Waals surface area contributed by atoms with Crippen LogP contribution < -0.4 is 10.2 Å². The quantitative estimate of drug-likeness (QED) is 0.427. The van der Waals surface area contributed by atoms with Crippen molar-refractivity contribution in [3.63, 3.8) is 0 Å². The van der Waals surface area contributed by atoms with Gasteiger partial charge >= 0.3 is 6.18 Å². The number of methoxy groups -OCH3 is 1. The Morgan fingerprint density at radius 3 is 2.44 bits per heavy atom. The Hall–Kier alpha value is -2.44. The van der Waals surface area contributed by atoms with Crippen molar-refractivity contribution in [2.75, 3.05) is 50.6 Å². The third kappa shape index (κ3) is 6.80. The lowest BCUT2D eigenvalue weighted by atomic mass is 9.63. The van der Waals surface area contributed by atoms with Crippen LogP contribution in [0.1, 0.15) is 64.9 Å². The van der Waals surface area contributed by atoms with Gasteiger partial charge in [-0.1, -0.05) is 13.8 Å². The summed E-state index contributed by atoms with van der Waals surface area (Å²) in [6.07, 6.45) is 0.961. The lowest BCUT2D eigenvalue weighted by Gasteiger charge is -2.51. The lowest BCUT2D eigenvalue weighted by molar-refractivity contribution is -0.137. The smallest absolute Gasteiger partial charge is 0.380 e. The average molecular weight is 600 g/mol. The molecule has 41 heavy (non-hydrogen) atoms. The van der Waals surface area contributed by atoms with Gasteiger partial charge in [0.05, 0.1) is 16.2 Å². The number of aryl methyl sites for hydroxylation is 1. The molecule has 1 N–H and O–H groups in total. The second-order valence-corrected chi connectivity index (χ2v) is 13.6. The van der Waals surface area contributed by atoms with E-state index in [-0.39, 0.29) is 34.9 Å². The number of hydrogen-bond donors (Lipinski definition) is 1. The minimum Gasteiger partial charge on any atom is -0.380 e. The van der Waals surface area contributed by atoms with Gasteiger partial charge < -0.3 is 19.9 Å². The van der Waals surface area contributed by atoms with Gasteiger partial charge in [-0.25, -0.2) is 13.4 Å². The number of sulfone groups is 1. The molecule has 1 atom stereocenters. The zero-order valence-electron chi connectivity index (χ0n) is 24.6. The van der Waals surface area contributed by atoms with E-state index < -0.39 is 21.6 Å². The van der Waals surface area contributed by atoms with Crippen LogP contribution in [-0.4, -0.2) is 75.0 Å². The lowest BCUT2D eigenvalue weighted by Crippen LogP contribution is -2.50. The summed E-state index contributed by atoms with van der Waals surface area (Å²) in [5, 5.41) is 2.62. The monoisotopic (exact) mass is 599 g/mol. The second kappa shape index (κ2) is 12.4. The van der Waals surface area contributed by atoms with Crippen molar-refractivity contribution < 1.29 is 27.8 Å². The molecule has 1 saturated carbocycles. The molecule has 1 aliphatic carbocycles. The highest BCUT2D eigenvalue weighted by Gasteiger charge is 2.50. The summed E-state index contributed by atoms with van der Waals surface area (Å²) in [4.78, 5) is 12.3. The molecule has 2 aliphatic heterocycles. The van der Waals surface area contributed by atoms with E-state index in [2.05, 4.69) is 27.2 Å². The molecule has 3 heterocycles. The van der Waals surface area contributed by atoms with Gasteiger partial charge in [-0.3, -0.25) is 0 Å². The highest BCUT2D eigenvalue weighted by Crippen LogP contribution is 2.52. The zero-order chi connectivity index (χ0) is 30.0. The van der Waals surface area contributed by atoms with Crippen LogP contribution in [0.25, 0.3) is 0 Å². The van der Waals surface area contributed by atoms with Gasteiger partial charge in [-0.15, -0.1) is 0 Å². The van der Waals surface area contributed by atoms with Crippen molar-refractivity contribution in [1.29, 1.82) is 0 Å². The number of likely N-dealkylation sites (tertiary alicyclic amines) is 1. The fourth-order valence-electron chi connectivity index (χ4n) is 6.09. The Morgan fingerprint density at radius 2 is 1.83 bits per heavy atom. The van der Waals surface area contributed by atoms with E-state index in [1.54, 1.807) is 37.1 Å². The molecule has 1 spiro atoms. The van der Waals surface area contributed by atoms with E-state index >= 15 is 0 Å². The first-order chi connectivity index (χ1) is 19.4. The highest BCUT2D eigenvalue weighted by atomic mass is 32.2. The van der Waals surface area contributed by atoms with Gasteiger partial charge in [0.15, 0.2) is 9.84 Å². The molecule has 0 bridgehead atoms. The molecule has 2 aromatic rings. The molecule has 8 nitrogen and oxygen atoms in total. The molecule has 1 aromatic heterocycles. The molecule has 12 heteroatoms. The van der Waals surface area contributed by atoms with E-state index in [4.69, 9.17) is 4.74 Å². The standard InChI is InChI=1S/C27H36F3N5O3S.C2H6.H2/c1-18-13-20(39(36,37)21-14-26(15-21)8-11-34(2)12-9-26)6-7-23(18)32-25-31-16-22(27(28,29)30)24(33-25)35-10-4-5-19(17-35)38-3;1-2;/h6-7,13,16,19,21H,4-5,8-12,14-15,17H2,1-3H3,(H,31,32,33);1-2H3;1H. The first-order valence-corrected chi connectivity index (χ1v) is 16.0. The largest absolute Gasteiger partial charge is 0.421 e. The van der Waals surface area contributed by atoms with Crippen molar-refractivity contribution in [3.8, 4) is 0 Å². The van der Waals surface area contributed by atoms with Gasteiger partial charge in [0.25, 0.3) is 0 Å². The summed E-state index contributed by atoms with van der Waals surface area (Å²) in [5.74, 6) is -0.175. The van der Waals surface area contributed by atoms with Crippen molar-refractivity contribution >= 4 is 27.3 Å². The third-order valence-corrected chi connectivity index (χ3v) is 10.8. The van der Waals surface area contributed by atoms with E-state index in [9.17, 15) is 21.6 Å². The predicted octanol–water partition coefficient (Wildman–Crippen LogP) is 6.08. The first kappa shape index (κ1) is 31.5. The second-order valence-electron chi connectivity index (χ2n) is 11.4. The summed E-state index contributed by atoms with van der Waals surface area (Å²) < 4.78 is 73.4. The molecular formula is C29H44F3N5O3S. The van der Waals surface area contributed by atoms with Crippen LogP contribution in [-0.2, 0) is 20.8 Å². The molecule has 3 fully saturated rings. The fourth-order valence-corrected chi connectivity index (χ4v) is 8.22. The Bertz CT molecular complexity index is 1310. The van der Waals surface area contributed by atoms with Crippen LogP contribution in [0.4, 0.5) is 30.6 Å². The van der Waals surface area contributed by atoms with Crippen LogP contribution in [0.5, 0.6) is 0 Å². The molecule has 3 aliphatic rings. The number of halogens is 3. The molecule has 1 unspecified atom stereocenters. The van der Waals surface area contributed by atoms with Crippen LogP contribution in [0.2, 0.25) is 0 Å². The number of alkyl halides is 3. The molecular weight excluding hydrogens is 555 g/mol. The zero-order valence-corrected chi connectivity index (χ0v) is 25.4. The minimum absolute atomic E-state index is 0. The topological polar surface area (TPSA) is 87.7 Å². The number of rotatable bonds is 6. The van der Waals surface area contributed by atoms with E-state index in [1.807, 2.05) is 13.8 Å². The SMILES string of the molecule is CC.COC1CCCN(c2nc(Nc3ccc(S(=O)(=O)C4CC5(CCN(C)CC5)C4)cc3C)ncc2C(F)(F)F)C1.[HH]. The predicted molar refractivity (Wildman–Crippen MR) is 157 cm³/mol. The molecule has 0 radical (unpaired) electrons. The maximum atomic E-state index is 13.8. The molecule has 0 amide bonds. The number of benzene rings is 1. The van der Waals surface area contributed by atoms with Gasteiger partial charge in [0.1, 0.15) is 11.4 Å². The van der Waals surface area contributed by atoms with Crippen molar-refractivity contribution in [2.45, 2.75) is 81.7 Å². The third-order valence-electron chi connectivity index (χ3n) is 8.67. The highest BCUT2D eigenvalue weighted by molar-refractivity contribution is 7.92. The number of anilines is 3. The number of aromatic nitrogens is 2. The molecule has 2 saturated heterocycles. The van der Waals surface area contributed by atoms with Crippen LogP contribution >= 0.6 is 0 Å². The van der Waals surface area contributed by atoms with Crippen LogP contribution in [0, 0.1) is 12.3 Å². The van der Waals surface area contributed by atoms with Gasteiger partial charge in [0.2, 0.25) is 5.95 Å². The van der Waals surface area contributed by atoms with E-state index in [0.29, 0.717) is 43.6 Å². The van der Waals surface area contributed by atoms with Gasteiger partial charge in [0, 0.05) is 33.5 Å².